The lowest BCUT2D eigenvalue weighted by atomic mass is 9.72. The summed E-state index contributed by atoms with van der Waals surface area (Å²) in [4.78, 5) is 13.8. The van der Waals surface area contributed by atoms with Crippen LogP contribution in [0.3, 0.4) is 0 Å². The van der Waals surface area contributed by atoms with Crippen LogP contribution in [0.25, 0.3) is 11.1 Å². The summed E-state index contributed by atoms with van der Waals surface area (Å²) in [6.45, 7) is -0.0448. The van der Waals surface area contributed by atoms with Crippen molar-refractivity contribution in [1.82, 2.24) is 5.32 Å². The predicted octanol–water partition coefficient (Wildman–Crippen LogP) is 4.94. The van der Waals surface area contributed by atoms with Gasteiger partial charge in [0.15, 0.2) is 0 Å². The number of nitrogens with one attached hydrogen (secondary N) is 1. The van der Waals surface area contributed by atoms with Gasteiger partial charge in [-0.1, -0.05) is 36.4 Å². The molecule has 5 heteroatoms. The molecule has 3 nitrogen and oxygen atoms in total. The van der Waals surface area contributed by atoms with Crippen molar-refractivity contribution in [2.75, 3.05) is 12.8 Å². The van der Waals surface area contributed by atoms with E-state index in [1.807, 2.05) is 30.5 Å². The molecular formula is C22H23FN2OS. The van der Waals surface area contributed by atoms with E-state index in [2.05, 4.69) is 35.6 Å². The molecule has 1 amide bonds. The van der Waals surface area contributed by atoms with Gasteiger partial charge in [-0.2, -0.15) is 5.26 Å². The highest BCUT2D eigenvalue weighted by atomic mass is 32.2. The first-order valence-corrected chi connectivity index (χ1v) is 10.4. The van der Waals surface area contributed by atoms with Gasteiger partial charge in [0, 0.05) is 10.8 Å². The summed E-state index contributed by atoms with van der Waals surface area (Å²) < 4.78 is 14.1. The first-order chi connectivity index (χ1) is 13.1. The molecule has 0 aliphatic heterocycles. The van der Waals surface area contributed by atoms with Crippen LogP contribution in [-0.4, -0.2) is 24.9 Å². The van der Waals surface area contributed by atoms with Crippen LogP contribution in [-0.2, 0) is 4.79 Å². The van der Waals surface area contributed by atoms with E-state index in [0.29, 0.717) is 12.8 Å². The third-order valence-electron chi connectivity index (χ3n) is 5.23. The van der Waals surface area contributed by atoms with Crippen molar-refractivity contribution in [2.24, 2.45) is 5.92 Å². The molecule has 3 unspecified atom stereocenters. The minimum atomic E-state index is -0.966. The van der Waals surface area contributed by atoms with E-state index in [4.69, 9.17) is 5.26 Å². The van der Waals surface area contributed by atoms with Crippen molar-refractivity contribution in [2.45, 2.75) is 36.2 Å². The number of hydrogen-bond donors (Lipinski definition) is 1. The minimum absolute atomic E-state index is 0.0448. The number of alkyl halides is 1. The number of nitriles is 1. The van der Waals surface area contributed by atoms with Crippen LogP contribution < -0.4 is 5.32 Å². The Bertz CT molecular complexity index is 831. The third-order valence-corrected chi connectivity index (χ3v) is 5.97. The Morgan fingerprint density at radius 3 is 2.67 bits per heavy atom. The fourth-order valence-corrected chi connectivity index (χ4v) is 4.30. The van der Waals surface area contributed by atoms with Crippen LogP contribution in [0.1, 0.15) is 30.7 Å². The van der Waals surface area contributed by atoms with E-state index >= 15 is 0 Å². The topological polar surface area (TPSA) is 52.9 Å². The molecule has 1 fully saturated rings. The van der Waals surface area contributed by atoms with Gasteiger partial charge in [0.05, 0.1) is 6.07 Å². The van der Waals surface area contributed by atoms with Gasteiger partial charge in [-0.15, -0.1) is 11.8 Å². The quantitative estimate of drug-likeness (QED) is 0.589. The van der Waals surface area contributed by atoms with E-state index in [0.717, 1.165) is 16.7 Å². The number of nitrogens with zero attached hydrogens (tertiary/aromatic N) is 1. The maximum Gasteiger partial charge on any atom is 0.224 e. The second-order valence-corrected chi connectivity index (χ2v) is 7.69. The molecule has 0 radical (unpaired) electrons. The van der Waals surface area contributed by atoms with Crippen LogP contribution >= 0.6 is 11.8 Å². The number of carbonyl (C=O) groups is 1. The van der Waals surface area contributed by atoms with Gasteiger partial charge in [-0.05, 0) is 60.3 Å². The molecular weight excluding hydrogens is 359 g/mol. The van der Waals surface area contributed by atoms with E-state index in [-0.39, 0.29) is 24.8 Å². The summed E-state index contributed by atoms with van der Waals surface area (Å²) in [5, 5.41) is 11.4. The number of hydrogen-bond acceptors (Lipinski definition) is 3. The van der Waals surface area contributed by atoms with Gasteiger partial charge in [-0.25, -0.2) is 4.39 Å². The number of rotatable bonds is 5. The Morgan fingerprint density at radius 2 is 1.96 bits per heavy atom. The summed E-state index contributed by atoms with van der Waals surface area (Å²) in [6.07, 6.45) is 2.38. The highest BCUT2D eigenvalue weighted by Crippen LogP contribution is 2.42. The molecule has 3 atom stereocenters. The Balaban J connectivity index is 1.95. The normalized spacial score (nSPS) is 22.0. The van der Waals surface area contributed by atoms with Crippen molar-refractivity contribution in [3.63, 3.8) is 0 Å². The summed E-state index contributed by atoms with van der Waals surface area (Å²) in [5.41, 5.74) is 3.27. The smallest absolute Gasteiger partial charge is 0.224 e. The maximum absolute atomic E-state index is 14.1. The van der Waals surface area contributed by atoms with Crippen molar-refractivity contribution < 1.29 is 9.18 Å². The summed E-state index contributed by atoms with van der Waals surface area (Å²) in [7, 11) is 0. The van der Waals surface area contributed by atoms with Crippen LogP contribution in [0.4, 0.5) is 4.39 Å². The lowest BCUT2D eigenvalue weighted by Crippen LogP contribution is -2.38. The highest BCUT2D eigenvalue weighted by molar-refractivity contribution is 7.98. The number of amides is 1. The zero-order valence-corrected chi connectivity index (χ0v) is 16.1. The maximum atomic E-state index is 14.1. The van der Waals surface area contributed by atoms with Crippen molar-refractivity contribution in [3.05, 3.63) is 54.1 Å². The molecule has 3 rings (SSSR count). The SMILES string of the molecule is CSc1ccc(-c2ccccc2C2CCC(F)CC2C(=O)NCC#N)cc1. The average Bonchev–Trinajstić information content (AvgIpc) is 2.72. The Hall–Kier alpha value is -2.32. The first-order valence-electron chi connectivity index (χ1n) is 9.16. The van der Waals surface area contributed by atoms with Gasteiger partial charge in [0.25, 0.3) is 0 Å². The Labute approximate surface area is 164 Å². The molecule has 0 heterocycles. The van der Waals surface area contributed by atoms with Gasteiger partial charge in [0.2, 0.25) is 5.91 Å². The molecule has 0 saturated heterocycles. The van der Waals surface area contributed by atoms with Gasteiger partial charge in [0.1, 0.15) is 12.7 Å². The van der Waals surface area contributed by atoms with E-state index in [9.17, 15) is 9.18 Å². The van der Waals surface area contributed by atoms with Gasteiger partial charge in [-0.3, -0.25) is 4.79 Å². The lowest BCUT2D eigenvalue weighted by molar-refractivity contribution is -0.127. The zero-order chi connectivity index (χ0) is 19.2. The van der Waals surface area contributed by atoms with Crippen LogP contribution in [0.15, 0.2) is 53.4 Å². The number of thioether (sulfide) groups is 1. The van der Waals surface area contributed by atoms with Crippen LogP contribution in [0.5, 0.6) is 0 Å². The molecule has 0 spiro atoms. The summed E-state index contributed by atoms with van der Waals surface area (Å²) in [6, 6.07) is 18.4. The second kappa shape index (κ2) is 9.05. The lowest BCUT2D eigenvalue weighted by Gasteiger charge is -2.33. The first kappa shape index (κ1) is 19.4. The zero-order valence-electron chi connectivity index (χ0n) is 15.3. The molecule has 2 aromatic rings. The highest BCUT2D eigenvalue weighted by Gasteiger charge is 2.37. The fraction of sp³-hybridized carbons (Fsp3) is 0.364. The number of benzene rings is 2. The minimum Gasteiger partial charge on any atom is -0.343 e. The van der Waals surface area contributed by atoms with E-state index in [1.165, 1.54) is 4.90 Å². The molecule has 1 N–H and O–H groups in total. The van der Waals surface area contributed by atoms with Gasteiger partial charge < -0.3 is 5.32 Å². The van der Waals surface area contributed by atoms with Crippen molar-refractivity contribution in [3.8, 4) is 17.2 Å². The third kappa shape index (κ3) is 4.51. The molecule has 0 bridgehead atoms. The standard InChI is InChI=1S/C22H23FN2OS/c1-27-17-9-6-15(7-10-17)18-4-2-3-5-19(18)20-11-8-16(23)14-21(20)22(26)25-13-12-24/h2-7,9-10,16,20-21H,8,11,13-14H2,1H3,(H,25,26). The summed E-state index contributed by atoms with van der Waals surface area (Å²) >= 11 is 1.70. The monoisotopic (exact) mass is 382 g/mol. The van der Waals surface area contributed by atoms with Crippen molar-refractivity contribution in [1.29, 1.82) is 5.26 Å². The Morgan fingerprint density at radius 1 is 1.22 bits per heavy atom. The number of carbonyl (C=O) groups excluding carboxylic acids is 1. The number of halogens is 1. The molecule has 1 aliphatic carbocycles. The molecule has 1 aliphatic rings. The second-order valence-electron chi connectivity index (χ2n) is 6.81. The molecule has 2 aromatic carbocycles. The van der Waals surface area contributed by atoms with Crippen molar-refractivity contribution >= 4 is 17.7 Å². The van der Waals surface area contributed by atoms with Crippen LogP contribution in [0.2, 0.25) is 0 Å². The van der Waals surface area contributed by atoms with E-state index < -0.39 is 12.1 Å². The molecule has 140 valence electrons. The average molecular weight is 383 g/mol. The summed E-state index contributed by atoms with van der Waals surface area (Å²) in [5.74, 6) is -0.725. The van der Waals surface area contributed by atoms with Crippen LogP contribution in [0, 0.1) is 17.2 Å². The molecule has 0 aromatic heterocycles. The largest absolute Gasteiger partial charge is 0.343 e. The Kier molecular flexibility index (Phi) is 6.52. The molecule has 1 saturated carbocycles. The predicted molar refractivity (Wildman–Crippen MR) is 107 cm³/mol. The molecule has 27 heavy (non-hydrogen) atoms. The van der Waals surface area contributed by atoms with E-state index in [1.54, 1.807) is 11.8 Å². The van der Waals surface area contributed by atoms with Gasteiger partial charge >= 0.3 is 0 Å². The fourth-order valence-electron chi connectivity index (χ4n) is 3.89.